The summed E-state index contributed by atoms with van der Waals surface area (Å²) >= 11 is 5.97. The number of nitrogens with zero attached hydrogens (tertiary/aromatic N) is 4. The van der Waals surface area contributed by atoms with E-state index < -0.39 is 15.5 Å². The number of hydrogen-bond donors (Lipinski definition) is 0. The molecule has 0 unspecified atom stereocenters. The van der Waals surface area contributed by atoms with Gasteiger partial charge in [-0.05, 0) is 24.3 Å². The van der Waals surface area contributed by atoms with Gasteiger partial charge in [-0.3, -0.25) is 20.2 Å². The minimum Gasteiger partial charge on any atom is -0.258 e. The van der Waals surface area contributed by atoms with Gasteiger partial charge in [0.2, 0.25) is 0 Å². The van der Waals surface area contributed by atoms with Crippen molar-refractivity contribution in [3.05, 3.63) is 104 Å². The smallest absolute Gasteiger partial charge is 0.258 e. The van der Waals surface area contributed by atoms with Gasteiger partial charge in [-0.2, -0.15) is 5.10 Å². The minimum atomic E-state index is -0.670. The average Bonchev–Trinajstić information content (AvgIpc) is 3.19. The normalized spacial score (nSPS) is 10.7. The fourth-order valence-electron chi connectivity index (χ4n) is 3.09. The molecule has 148 valence electrons. The highest BCUT2D eigenvalue weighted by molar-refractivity contribution is 6.30. The van der Waals surface area contributed by atoms with E-state index >= 15 is 0 Å². The highest BCUT2D eigenvalue weighted by atomic mass is 35.5. The van der Waals surface area contributed by atoms with Gasteiger partial charge < -0.3 is 0 Å². The number of nitro benzene ring substituents is 2. The molecule has 30 heavy (non-hydrogen) atoms. The Morgan fingerprint density at radius 3 is 2.13 bits per heavy atom. The van der Waals surface area contributed by atoms with Crippen molar-refractivity contribution in [1.29, 1.82) is 0 Å². The molecule has 0 bridgehead atoms. The Labute approximate surface area is 175 Å². The molecule has 1 heterocycles. The number of non-ortho nitro benzene ring substituents is 1. The van der Waals surface area contributed by atoms with Crippen LogP contribution in [0, 0.1) is 20.2 Å². The Bertz CT molecular complexity index is 1250. The van der Waals surface area contributed by atoms with E-state index in [-0.39, 0.29) is 11.4 Å². The summed E-state index contributed by atoms with van der Waals surface area (Å²) in [5.74, 6) is 0. The van der Waals surface area contributed by atoms with Crippen LogP contribution in [0.2, 0.25) is 5.02 Å². The number of aromatic nitrogens is 2. The molecule has 0 spiro atoms. The molecule has 0 radical (unpaired) electrons. The van der Waals surface area contributed by atoms with Crippen molar-refractivity contribution < 1.29 is 9.85 Å². The molecular formula is C21H13ClN4O4. The largest absolute Gasteiger partial charge is 0.301 e. The summed E-state index contributed by atoms with van der Waals surface area (Å²) in [5, 5.41) is 27.9. The lowest BCUT2D eigenvalue weighted by Crippen LogP contribution is -2.04. The van der Waals surface area contributed by atoms with Gasteiger partial charge in [0, 0.05) is 22.2 Å². The van der Waals surface area contributed by atoms with E-state index in [4.69, 9.17) is 11.6 Å². The van der Waals surface area contributed by atoms with Crippen molar-refractivity contribution >= 4 is 23.0 Å². The summed E-state index contributed by atoms with van der Waals surface area (Å²) in [6, 6.07) is 21.6. The molecule has 1 aromatic heterocycles. The maximum absolute atomic E-state index is 11.7. The lowest BCUT2D eigenvalue weighted by molar-refractivity contribution is -0.394. The summed E-state index contributed by atoms with van der Waals surface area (Å²) in [6.45, 7) is 0. The summed E-state index contributed by atoms with van der Waals surface area (Å²) in [7, 11) is 0. The molecule has 0 aliphatic carbocycles. The summed E-state index contributed by atoms with van der Waals surface area (Å²) in [5.41, 5.74) is 2.11. The van der Waals surface area contributed by atoms with Crippen LogP contribution in [0.5, 0.6) is 0 Å². The third-order valence-electron chi connectivity index (χ3n) is 4.51. The van der Waals surface area contributed by atoms with E-state index in [1.807, 2.05) is 36.4 Å². The zero-order chi connectivity index (χ0) is 21.3. The monoisotopic (exact) mass is 420 g/mol. The Balaban J connectivity index is 1.96. The van der Waals surface area contributed by atoms with Crippen LogP contribution in [-0.2, 0) is 0 Å². The molecule has 0 amide bonds. The van der Waals surface area contributed by atoms with E-state index in [1.165, 1.54) is 16.8 Å². The quantitative estimate of drug-likeness (QED) is 0.305. The van der Waals surface area contributed by atoms with Crippen LogP contribution < -0.4 is 0 Å². The minimum absolute atomic E-state index is 0.129. The van der Waals surface area contributed by atoms with Gasteiger partial charge in [-0.25, -0.2) is 4.68 Å². The number of rotatable bonds is 5. The predicted octanol–water partition coefficient (Wildman–Crippen LogP) is 5.68. The van der Waals surface area contributed by atoms with Gasteiger partial charge in [0.05, 0.1) is 27.3 Å². The third-order valence-corrected chi connectivity index (χ3v) is 4.77. The number of nitro groups is 2. The van der Waals surface area contributed by atoms with E-state index in [1.54, 1.807) is 24.3 Å². The lowest BCUT2D eigenvalue weighted by atomic mass is 10.1. The van der Waals surface area contributed by atoms with Crippen LogP contribution in [-0.4, -0.2) is 19.6 Å². The molecule has 4 aromatic rings. The second-order valence-corrected chi connectivity index (χ2v) is 6.82. The first kappa shape index (κ1) is 19.3. The third kappa shape index (κ3) is 3.63. The fraction of sp³-hybridized carbons (Fsp3) is 0. The molecule has 0 atom stereocenters. The van der Waals surface area contributed by atoms with Crippen molar-refractivity contribution in [3.63, 3.8) is 0 Å². The summed E-state index contributed by atoms with van der Waals surface area (Å²) < 4.78 is 1.43. The SMILES string of the molecule is O=[N+]([O-])c1ccc(-n2nc(-c3ccc(Cl)cc3)cc2-c2ccccc2)c([N+](=O)[O-])c1. The van der Waals surface area contributed by atoms with Gasteiger partial charge in [0.1, 0.15) is 5.69 Å². The molecule has 0 saturated carbocycles. The first-order chi connectivity index (χ1) is 14.4. The van der Waals surface area contributed by atoms with Gasteiger partial charge in [-0.15, -0.1) is 0 Å². The highest BCUT2D eigenvalue weighted by Gasteiger charge is 2.24. The van der Waals surface area contributed by atoms with Gasteiger partial charge in [0.15, 0.2) is 0 Å². The van der Waals surface area contributed by atoms with Crippen molar-refractivity contribution in [2.24, 2.45) is 0 Å². The number of benzene rings is 3. The van der Waals surface area contributed by atoms with Gasteiger partial charge in [0.25, 0.3) is 5.69 Å². The van der Waals surface area contributed by atoms with E-state index in [0.717, 1.165) is 17.2 Å². The van der Waals surface area contributed by atoms with Crippen molar-refractivity contribution in [3.8, 4) is 28.2 Å². The van der Waals surface area contributed by atoms with Crippen LogP contribution in [0.3, 0.4) is 0 Å². The Kier molecular flexibility index (Phi) is 4.99. The summed E-state index contributed by atoms with van der Waals surface area (Å²) in [6.07, 6.45) is 0. The Hall–Kier alpha value is -4.04. The van der Waals surface area contributed by atoms with Crippen molar-refractivity contribution in [1.82, 2.24) is 9.78 Å². The van der Waals surface area contributed by atoms with E-state index in [2.05, 4.69) is 5.10 Å². The van der Waals surface area contributed by atoms with Gasteiger partial charge >= 0.3 is 5.69 Å². The lowest BCUT2D eigenvalue weighted by Gasteiger charge is -2.08. The van der Waals surface area contributed by atoms with Gasteiger partial charge in [-0.1, -0.05) is 54.1 Å². The van der Waals surface area contributed by atoms with Crippen LogP contribution >= 0.6 is 11.6 Å². The van der Waals surface area contributed by atoms with E-state index in [0.29, 0.717) is 16.4 Å². The average molecular weight is 421 g/mol. The van der Waals surface area contributed by atoms with Crippen molar-refractivity contribution in [2.75, 3.05) is 0 Å². The van der Waals surface area contributed by atoms with E-state index in [9.17, 15) is 20.2 Å². The topological polar surface area (TPSA) is 104 Å². The van der Waals surface area contributed by atoms with Crippen LogP contribution in [0.1, 0.15) is 0 Å². The predicted molar refractivity (Wildman–Crippen MR) is 113 cm³/mol. The molecule has 0 aliphatic heterocycles. The number of hydrogen-bond acceptors (Lipinski definition) is 5. The second-order valence-electron chi connectivity index (χ2n) is 6.39. The highest BCUT2D eigenvalue weighted by Crippen LogP contribution is 2.34. The molecule has 9 heteroatoms. The molecule has 0 aliphatic rings. The number of halogens is 1. The second kappa shape index (κ2) is 7.76. The first-order valence-electron chi connectivity index (χ1n) is 8.78. The van der Waals surface area contributed by atoms with Crippen LogP contribution in [0.4, 0.5) is 11.4 Å². The first-order valence-corrected chi connectivity index (χ1v) is 9.16. The maximum Gasteiger partial charge on any atom is 0.301 e. The molecule has 8 nitrogen and oxygen atoms in total. The molecular weight excluding hydrogens is 408 g/mol. The molecule has 0 N–H and O–H groups in total. The standard InChI is InChI=1S/C21H13ClN4O4/c22-16-8-6-14(7-9-16)18-13-20(15-4-2-1-3-5-15)24(23-18)19-11-10-17(25(27)28)12-21(19)26(29)30/h1-13H. The Morgan fingerprint density at radius 1 is 0.800 bits per heavy atom. The van der Waals surface area contributed by atoms with Crippen molar-refractivity contribution in [2.45, 2.75) is 0 Å². The molecule has 0 saturated heterocycles. The summed E-state index contributed by atoms with van der Waals surface area (Å²) in [4.78, 5) is 21.4. The molecule has 0 fully saturated rings. The van der Waals surface area contributed by atoms with Crippen LogP contribution in [0.15, 0.2) is 78.9 Å². The molecule has 4 rings (SSSR count). The van der Waals surface area contributed by atoms with Crippen LogP contribution in [0.25, 0.3) is 28.2 Å². The zero-order valence-electron chi connectivity index (χ0n) is 15.3. The zero-order valence-corrected chi connectivity index (χ0v) is 16.1. The maximum atomic E-state index is 11.7. The Morgan fingerprint density at radius 2 is 1.50 bits per heavy atom. The molecule has 3 aromatic carbocycles. The fourth-order valence-corrected chi connectivity index (χ4v) is 3.22.